The Labute approximate surface area is 362 Å². The fraction of sp³-hybridized carbons (Fsp3) is 0. The molecule has 1 aliphatic heterocycles. The Morgan fingerprint density at radius 2 is 0.905 bits per heavy atom. The van der Waals surface area contributed by atoms with Gasteiger partial charge in [0.2, 0.25) is 0 Å². The molecule has 290 valence electrons. The SMILES string of the molecule is N#Cc1ccc2c3c(cccc13)Oc1cc(-c3ccc4cc(-c5ccc6ccc7c(-c8nc(-c9ccccc9)cc(-c9ccccc9)n8)ccc8ccc5c6c87)ccc4c3)ccc1-2. The zero-order chi connectivity index (χ0) is 41.6. The second-order valence-electron chi connectivity index (χ2n) is 16.4. The van der Waals surface area contributed by atoms with Crippen molar-refractivity contribution in [1.29, 1.82) is 5.26 Å². The van der Waals surface area contributed by atoms with Gasteiger partial charge in [-0.05, 0) is 119 Å². The van der Waals surface area contributed by atoms with Gasteiger partial charge in [-0.2, -0.15) is 5.26 Å². The maximum absolute atomic E-state index is 9.72. The van der Waals surface area contributed by atoms with Crippen LogP contribution in [0.15, 0.2) is 200 Å². The van der Waals surface area contributed by atoms with Crippen molar-refractivity contribution in [1.82, 2.24) is 9.97 Å². The van der Waals surface area contributed by atoms with Crippen LogP contribution in [0.1, 0.15) is 5.56 Å². The molecule has 0 fully saturated rings. The first-order chi connectivity index (χ1) is 31.1. The number of ether oxygens (including phenoxy) is 1. The normalized spacial score (nSPS) is 11.9. The van der Waals surface area contributed by atoms with Crippen molar-refractivity contribution in [3.63, 3.8) is 0 Å². The number of rotatable bonds is 5. The zero-order valence-electron chi connectivity index (χ0n) is 33.8. The zero-order valence-corrected chi connectivity index (χ0v) is 33.8. The molecule has 0 aliphatic carbocycles. The molecular formula is C59H33N3O. The minimum Gasteiger partial charge on any atom is -0.456 e. The second-order valence-corrected chi connectivity index (χ2v) is 16.4. The fourth-order valence-corrected chi connectivity index (χ4v) is 9.83. The number of hydrogen-bond donors (Lipinski definition) is 0. The van der Waals surface area contributed by atoms with Gasteiger partial charge in [0.15, 0.2) is 5.82 Å². The van der Waals surface area contributed by atoms with Crippen LogP contribution in [-0.2, 0) is 0 Å². The van der Waals surface area contributed by atoms with Crippen molar-refractivity contribution < 1.29 is 4.74 Å². The van der Waals surface area contributed by atoms with E-state index in [1.807, 2.05) is 42.5 Å². The van der Waals surface area contributed by atoms with E-state index in [1.54, 1.807) is 0 Å². The third-order valence-corrected chi connectivity index (χ3v) is 12.9. The molecule has 4 nitrogen and oxygen atoms in total. The molecule has 13 rings (SSSR count). The fourth-order valence-electron chi connectivity index (χ4n) is 9.83. The van der Waals surface area contributed by atoms with E-state index >= 15 is 0 Å². The van der Waals surface area contributed by atoms with Crippen LogP contribution in [0.25, 0.3) is 121 Å². The lowest BCUT2D eigenvalue weighted by Gasteiger charge is -2.22. The summed E-state index contributed by atoms with van der Waals surface area (Å²) in [6.45, 7) is 0. The van der Waals surface area contributed by atoms with Gasteiger partial charge >= 0.3 is 0 Å². The van der Waals surface area contributed by atoms with Crippen LogP contribution in [0, 0.1) is 11.3 Å². The predicted molar refractivity (Wildman–Crippen MR) is 258 cm³/mol. The molecule has 11 aromatic carbocycles. The van der Waals surface area contributed by atoms with Crippen molar-refractivity contribution in [3.05, 3.63) is 206 Å². The Morgan fingerprint density at radius 3 is 1.60 bits per heavy atom. The molecule has 0 saturated carbocycles. The number of nitrogens with zero attached hydrogens (tertiary/aromatic N) is 3. The number of benzene rings is 11. The minimum absolute atomic E-state index is 0.654. The largest absolute Gasteiger partial charge is 0.456 e. The smallest absolute Gasteiger partial charge is 0.161 e. The third-order valence-electron chi connectivity index (χ3n) is 12.9. The molecular weight excluding hydrogens is 767 g/mol. The first-order valence-corrected chi connectivity index (χ1v) is 21.2. The summed E-state index contributed by atoms with van der Waals surface area (Å²) < 4.78 is 6.50. The Hall–Kier alpha value is -8.65. The van der Waals surface area contributed by atoms with E-state index in [9.17, 15) is 5.26 Å². The van der Waals surface area contributed by atoms with Crippen molar-refractivity contribution in [3.8, 4) is 84.9 Å². The van der Waals surface area contributed by atoms with Crippen LogP contribution >= 0.6 is 0 Å². The molecule has 1 aliphatic rings. The third kappa shape index (κ3) is 5.54. The highest BCUT2D eigenvalue weighted by Crippen LogP contribution is 2.49. The van der Waals surface area contributed by atoms with Gasteiger partial charge in [-0.1, -0.05) is 152 Å². The summed E-state index contributed by atoms with van der Waals surface area (Å²) in [5, 5.41) is 21.2. The topological polar surface area (TPSA) is 58.8 Å². The Bertz CT molecular complexity index is 3830. The van der Waals surface area contributed by atoms with Gasteiger partial charge in [-0.15, -0.1) is 0 Å². The van der Waals surface area contributed by atoms with Crippen molar-refractivity contribution >= 4 is 53.9 Å². The van der Waals surface area contributed by atoms with Crippen LogP contribution in [-0.4, -0.2) is 9.97 Å². The highest BCUT2D eigenvalue weighted by molar-refractivity contribution is 6.27. The lowest BCUT2D eigenvalue weighted by molar-refractivity contribution is 0.487. The lowest BCUT2D eigenvalue weighted by atomic mass is 9.87. The molecule has 0 N–H and O–H groups in total. The maximum Gasteiger partial charge on any atom is 0.161 e. The Balaban J connectivity index is 0.893. The molecule has 0 saturated heterocycles. The van der Waals surface area contributed by atoms with Gasteiger partial charge in [0.25, 0.3) is 0 Å². The number of aromatic nitrogens is 2. The van der Waals surface area contributed by atoms with Crippen LogP contribution in [0.5, 0.6) is 11.5 Å². The van der Waals surface area contributed by atoms with Gasteiger partial charge in [0, 0.05) is 33.0 Å². The summed E-state index contributed by atoms with van der Waals surface area (Å²) in [5.74, 6) is 2.31. The van der Waals surface area contributed by atoms with E-state index in [0.29, 0.717) is 11.4 Å². The molecule has 0 atom stereocenters. The van der Waals surface area contributed by atoms with Gasteiger partial charge in [0.05, 0.1) is 23.0 Å². The molecule has 0 amide bonds. The average Bonchev–Trinajstić information content (AvgIpc) is 3.35. The number of hydrogen-bond acceptors (Lipinski definition) is 4. The van der Waals surface area contributed by atoms with Crippen LogP contribution < -0.4 is 4.74 Å². The van der Waals surface area contributed by atoms with Crippen LogP contribution in [0.4, 0.5) is 0 Å². The molecule has 63 heavy (non-hydrogen) atoms. The van der Waals surface area contributed by atoms with Gasteiger partial charge < -0.3 is 4.74 Å². The molecule has 2 heterocycles. The van der Waals surface area contributed by atoms with E-state index in [0.717, 1.165) is 78.0 Å². The highest BCUT2D eigenvalue weighted by Gasteiger charge is 2.23. The van der Waals surface area contributed by atoms with E-state index in [-0.39, 0.29) is 0 Å². The minimum atomic E-state index is 0.654. The van der Waals surface area contributed by atoms with E-state index < -0.39 is 0 Å². The molecule has 0 bridgehead atoms. The summed E-state index contributed by atoms with van der Waals surface area (Å²) in [6.07, 6.45) is 0. The summed E-state index contributed by atoms with van der Waals surface area (Å²) in [6, 6.07) is 72.9. The van der Waals surface area contributed by atoms with Gasteiger partial charge in [0.1, 0.15) is 11.5 Å². The van der Waals surface area contributed by atoms with Crippen LogP contribution in [0.2, 0.25) is 0 Å². The second kappa shape index (κ2) is 13.7. The summed E-state index contributed by atoms with van der Waals surface area (Å²) >= 11 is 0. The molecule has 0 spiro atoms. The lowest BCUT2D eigenvalue weighted by Crippen LogP contribution is -1.98. The Kier molecular flexibility index (Phi) is 7.63. The first kappa shape index (κ1) is 35.1. The standard InChI is InChI=1S/C59H33N3O/c60-34-44-23-28-49-47-25-22-42(32-55(47)63-54-13-7-12-46(44)58(49)54)40-14-15-41-31-43(17-16-39(41)30-40)45-24-18-37-20-27-50-51(29-21-38-19-26-48(45)56(37)57(38)50)59-61-52(35-8-3-1-4-9-35)33-53(62-59)36-10-5-2-6-11-36/h1-33H. The molecule has 4 heteroatoms. The number of nitriles is 1. The van der Waals surface area contributed by atoms with Crippen molar-refractivity contribution in [2.24, 2.45) is 0 Å². The summed E-state index contributed by atoms with van der Waals surface area (Å²) in [7, 11) is 0. The van der Waals surface area contributed by atoms with Crippen LogP contribution in [0.3, 0.4) is 0 Å². The van der Waals surface area contributed by atoms with E-state index in [4.69, 9.17) is 14.7 Å². The van der Waals surface area contributed by atoms with E-state index in [1.165, 1.54) is 48.8 Å². The van der Waals surface area contributed by atoms with E-state index in [2.05, 4.69) is 164 Å². The highest BCUT2D eigenvalue weighted by atomic mass is 16.5. The molecule has 12 aromatic rings. The monoisotopic (exact) mass is 799 g/mol. The van der Waals surface area contributed by atoms with Crippen molar-refractivity contribution in [2.45, 2.75) is 0 Å². The molecule has 0 radical (unpaired) electrons. The quantitative estimate of drug-likeness (QED) is 0.163. The van der Waals surface area contributed by atoms with Gasteiger partial charge in [-0.3, -0.25) is 0 Å². The molecule has 1 aromatic heterocycles. The Morgan fingerprint density at radius 1 is 0.349 bits per heavy atom. The number of fused-ring (bicyclic) bond motifs is 3. The first-order valence-electron chi connectivity index (χ1n) is 21.2. The maximum atomic E-state index is 9.72. The summed E-state index contributed by atoms with van der Waals surface area (Å²) in [5.41, 5.74) is 12.3. The molecule has 0 unspecified atom stereocenters. The van der Waals surface area contributed by atoms with Gasteiger partial charge in [-0.25, -0.2) is 9.97 Å². The predicted octanol–water partition coefficient (Wildman–Crippen LogP) is 15.7. The summed E-state index contributed by atoms with van der Waals surface area (Å²) in [4.78, 5) is 10.4. The van der Waals surface area contributed by atoms with Crippen molar-refractivity contribution in [2.75, 3.05) is 0 Å². The average molecular weight is 800 g/mol.